The molecule has 2 amide bonds. The second kappa shape index (κ2) is 9.21. The Balaban J connectivity index is 1.63. The summed E-state index contributed by atoms with van der Waals surface area (Å²) in [6.45, 7) is 3.19. The highest BCUT2D eigenvalue weighted by Gasteiger charge is 2.06. The van der Waals surface area contributed by atoms with Gasteiger partial charge in [0.25, 0.3) is 0 Å². The molecular formula is C18H23N3O4S. The van der Waals surface area contributed by atoms with Crippen molar-refractivity contribution in [1.29, 1.82) is 0 Å². The Labute approximate surface area is 153 Å². The lowest BCUT2D eigenvalue weighted by Crippen LogP contribution is -2.38. The van der Waals surface area contributed by atoms with Crippen LogP contribution in [0.2, 0.25) is 0 Å². The van der Waals surface area contributed by atoms with Gasteiger partial charge in [-0.05, 0) is 48.7 Å². The lowest BCUT2D eigenvalue weighted by molar-refractivity contribution is 0.236. The van der Waals surface area contributed by atoms with E-state index < -0.39 is 10.0 Å². The van der Waals surface area contributed by atoms with E-state index in [2.05, 4.69) is 10.6 Å². The summed E-state index contributed by atoms with van der Waals surface area (Å²) >= 11 is 0. The summed E-state index contributed by atoms with van der Waals surface area (Å²) in [5, 5.41) is 10.5. The lowest BCUT2D eigenvalue weighted by atomic mass is 10.1. The number of carbonyl (C=O) groups excluding carboxylic acids is 1. The van der Waals surface area contributed by atoms with E-state index in [0.717, 1.165) is 16.9 Å². The van der Waals surface area contributed by atoms with Gasteiger partial charge in [-0.25, -0.2) is 18.4 Å². The summed E-state index contributed by atoms with van der Waals surface area (Å²) < 4.78 is 27.9. The van der Waals surface area contributed by atoms with E-state index in [-0.39, 0.29) is 10.9 Å². The summed E-state index contributed by atoms with van der Waals surface area (Å²) in [4.78, 5) is 11.8. The number of ether oxygens (including phenoxy) is 1. The van der Waals surface area contributed by atoms with Gasteiger partial charge in [-0.3, -0.25) is 0 Å². The summed E-state index contributed by atoms with van der Waals surface area (Å²) in [5.74, 6) is 0.773. The Hall–Kier alpha value is -2.58. The number of nitrogens with one attached hydrogen (secondary N) is 2. The normalized spacial score (nSPS) is 11.0. The monoisotopic (exact) mass is 377 g/mol. The topological polar surface area (TPSA) is 111 Å². The van der Waals surface area contributed by atoms with Crippen molar-refractivity contribution in [2.45, 2.75) is 18.2 Å². The molecule has 26 heavy (non-hydrogen) atoms. The van der Waals surface area contributed by atoms with Crippen LogP contribution in [0.25, 0.3) is 0 Å². The summed E-state index contributed by atoms with van der Waals surface area (Å²) in [5.41, 5.74) is 2.02. The van der Waals surface area contributed by atoms with Gasteiger partial charge in [0.05, 0.1) is 11.4 Å². The Bertz CT molecular complexity index is 836. The SMILES string of the molecule is Cc1cccc(OCCNC(=O)NCCc2ccc(S(N)(=O)=O)cc2)c1. The van der Waals surface area contributed by atoms with Crippen LogP contribution in [0.15, 0.2) is 53.4 Å². The van der Waals surface area contributed by atoms with Crippen molar-refractivity contribution < 1.29 is 17.9 Å². The smallest absolute Gasteiger partial charge is 0.314 e. The first-order chi connectivity index (χ1) is 12.3. The van der Waals surface area contributed by atoms with E-state index in [9.17, 15) is 13.2 Å². The molecule has 4 N–H and O–H groups in total. The lowest BCUT2D eigenvalue weighted by Gasteiger charge is -2.09. The Morgan fingerprint density at radius 3 is 2.42 bits per heavy atom. The summed E-state index contributed by atoms with van der Waals surface area (Å²) in [7, 11) is -3.68. The molecule has 0 radical (unpaired) electrons. The molecular weight excluding hydrogens is 354 g/mol. The third-order valence-electron chi connectivity index (χ3n) is 3.60. The molecule has 0 atom stereocenters. The third-order valence-corrected chi connectivity index (χ3v) is 4.53. The van der Waals surface area contributed by atoms with Crippen LogP contribution in [0, 0.1) is 6.92 Å². The predicted octanol–water partition coefficient (Wildman–Crippen LogP) is 1.56. The van der Waals surface area contributed by atoms with Crippen molar-refractivity contribution in [3.8, 4) is 5.75 Å². The van der Waals surface area contributed by atoms with Crippen LogP contribution in [0.1, 0.15) is 11.1 Å². The van der Waals surface area contributed by atoms with E-state index in [4.69, 9.17) is 9.88 Å². The quantitative estimate of drug-likeness (QED) is 0.606. The molecule has 0 aliphatic carbocycles. The highest BCUT2D eigenvalue weighted by Crippen LogP contribution is 2.11. The van der Waals surface area contributed by atoms with Crippen molar-refractivity contribution in [3.05, 3.63) is 59.7 Å². The minimum absolute atomic E-state index is 0.0700. The zero-order valence-corrected chi connectivity index (χ0v) is 15.4. The molecule has 140 valence electrons. The predicted molar refractivity (Wildman–Crippen MR) is 99.6 cm³/mol. The number of primary sulfonamides is 1. The number of aryl methyl sites for hydroxylation is 1. The first kappa shape index (κ1) is 19.7. The van der Waals surface area contributed by atoms with Gasteiger partial charge in [0.2, 0.25) is 10.0 Å². The van der Waals surface area contributed by atoms with Crippen LogP contribution in [0.4, 0.5) is 4.79 Å². The van der Waals surface area contributed by atoms with Crippen molar-refractivity contribution in [3.63, 3.8) is 0 Å². The maximum Gasteiger partial charge on any atom is 0.314 e. The van der Waals surface area contributed by atoms with E-state index in [0.29, 0.717) is 26.1 Å². The fourth-order valence-electron chi connectivity index (χ4n) is 2.27. The van der Waals surface area contributed by atoms with Gasteiger partial charge < -0.3 is 15.4 Å². The van der Waals surface area contributed by atoms with Crippen molar-refractivity contribution in [2.24, 2.45) is 5.14 Å². The van der Waals surface area contributed by atoms with Crippen molar-refractivity contribution in [2.75, 3.05) is 19.7 Å². The largest absolute Gasteiger partial charge is 0.492 e. The summed E-state index contributed by atoms with van der Waals surface area (Å²) in [6, 6.07) is 13.7. The van der Waals surface area contributed by atoms with Crippen LogP contribution in [-0.4, -0.2) is 34.1 Å². The molecule has 2 aromatic carbocycles. The molecule has 0 unspecified atom stereocenters. The fourth-order valence-corrected chi connectivity index (χ4v) is 2.78. The van der Waals surface area contributed by atoms with E-state index in [1.807, 2.05) is 31.2 Å². The van der Waals surface area contributed by atoms with Crippen LogP contribution < -0.4 is 20.5 Å². The van der Waals surface area contributed by atoms with Gasteiger partial charge in [-0.1, -0.05) is 24.3 Å². The number of rotatable bonds is 8. The van der Waals surface area contributed by atoms with Gasteiger partial charge in [0.1, 0.15) is 12.4 Å². The molecule has 0 spiro atoms. The Kier molecular flexibility index (Phi) is 6.99. The average molecular weight is 377 g/mol. The molecule has 0 bridgehead atoms. The minimum atomic E-state index is -3.68. The van der Waals surface area contributed by atoms with Gasteiger partial charge in [-0.2, -0.15) is 0 Å². The second-order valence-electron chi connectivity index (χ2n) is 5.79. The fraction of sp³-hybridized carbons (Fsp3) is 0.278. The number of hydrogen-bond donors (Lipinski definition) is 3. The number of amides is 2. The first-order valence-corrected chi connectivity index (χ1v) is 9.72. The molecule has 0 saturated heterocycles. The molecule has 0 aliphatic rings. The van der Waals surface area contributed by atoms with E-state index >= 15 is 0 Å². The molecule has 0 aliphatic heterocycles. The van der Waals surface area contributed by atoms with Gasteiger partial charge in [-0.15, -0.1) is 0 Å². The number of urea groups is 1. The highest BCUT2D eigenvalue weighted by molar-refractivity contribution is 7.89. The Morgan fingerprint density at radius 1 is 1.08 bits per heavy atom. The zero-order valence-electron chi connectivity index (χ0n) is 14.6. The number of benzene rings is 2. The maximum absolute atomic E-state index is 11.7. The number of hydrogen-bond acceptors (Lipinski definition) is 4. The first-order valence-electron chi connectivity index (χ1n) is 8.17. The average Bonchev–Trinajstić information content (AvgIpc) is 2.58. The maximum atomic E-state index is 11.7. The Morgan fingerprint density at radius 2 is 1.77 bits per heavy atom. The standard InChI is InChI=1S/C18H23N3O4S/c1-14-3-2-4-16(13-14)25-12-11-21-18(22)20-10-9-15-5-7-17(8-6-15)26(19,23)24/h2-8,13H,9-12H2,1H3,(H2,19,23,24)(H2,20,21,22). The molecule has 0 saturated carbocycles. The van der Waals surface area contributed by atoms with E-state index in [1.54, 1.807) is 12.1 Å². The van der Waals surface area contributed by atoms with Gasteiger partial charge >= 0.3 is 6.03 Å². The second-order valence-corrected chi connectivity index (χ2v) is 7.35. The van der Waals surface area contributed by atoms with E-state index in [1.165, 1.54) is 12.1 Å². The van der Waals surface area contributed by atoms with Crippen LogP contribution in [0.5, 0.6) is 5.75 Å². The molecule has 0 heterocycles. The van der Waals surface area contributed by atoms with Gasteiger partial charge in [0, 0.05) is 6.54 Å². The molecule has 8 heteroatoms. The number of nitrogens with two attached hydrogens (primary N) is 1. The molecule has 2 aromatic rings. The zero-order chi connectivity index (χ0) is 19.0. The van der Waals surface area contributed by atoms with Gasteiger partial charge in [0.15, 0.2) is 0 Å². The van der Waals surface area contributed by atoms with Crippen molar-refractivity contribution in [1.82, 2.24) is 10.6 Å². The number of carbonyl (C=O) groups is 1. The van der Waals surface area contributed by atoms with Crippen LogP contribution in [0.3, 0.4) is 0 Å². The highest BCUT2D eigenvalue weighted by atomic mass is 32.2. The van der Waals surface area contributed by atoms with Crippen molar-refractivity contribution >= 4 is 16.1 Å². The third kappa shape index (κ3) is 6.73. The molecule has 0 aromatic heterocycles. The van der Waals surface area contributed by atoms with Crippen LogP contribution in [-0.2, 0) is 16.4 Å². The molecule has 7 nitrogen and oxygen atoms in total. The molecule has 0 fully saturated rings. The summed E-state index contributed by atoms with van der Waals surface area (Å²) in [6.07, 6.45) is 0.581. The molecule has 2 rings (SSSR count). The number of sulfonamides is 1. The minimum Gasteiger partial charge on any atom is -0.492 e. The van der Waals surface area contributed by atoms with Crippen LogP contribution >= 0.6 is 0 Å².